The standard InChI is InChI=1S/C14H28N2O3S/c1-13(2,3)19-12(18)15-8-11(17)9-16-6-7-20-14(4,5)10-16/h11,17H,6-10H2,1-5H3,(H,15,18). The summed E-state index contributed by atoms with van der Waals surface area (Å²) < 4.78 is 5.37. The highest BCUT2D eigenvalue weighted by molar-refractivity contribution is 8.00. The molecule has 20 heavy (non-hydrogen) atoms. The number of alkyl carbamates (subject to hydrolysis) is 1. The summed E-state index contributed by atoms with van der Waals surface area (Å²) in [5.74, 6) is 1.08. The van der Waals surface area contributed by atoms with Crippen LogP contribution in [0.5, 0.6) is 0 Å². The molecule has 0 spiro atoms. The third-order valence-corrected chi connectivity index (χ3v) is 4.15. The molecule has 1 aliphatic heterocycles. The van der Waals surface area contributed by atoms with E-state index >= 15 is 0 Å². The Bertz CT molecular complexity index is 329. The van der Waals surface area contributed by atoms with Gasteiger partial charge in [-0.05, 0) is 34.6 Å². The molecule has 1 atom stereocenters. The monoisotopic (exact) mass is 304 g/mol. The first-order chi connectivity index (χ1) is 9.07. The average molecular weight is 304 g/mol. The van der Waals surface area contributed by atoms with Crippen LogP contribution in [-0.4, -0.2) is 64.5 Å². The molecule has 1 fully saturated rings. The molecule has 6 heteroatoms. The van der Waals surface area contributed by atoms with Crippen LogP contribution in [0.25, 0.3) is 0 Å². The fourth-order valence-corrected chi connectivity index (χ4v) is 3.32. The summed E-state index contributed by atoms with van der Waals surface area (Å²) in [4.78, 5) is 13.7. The maximum absolute atomic E-state index is 11.5. The lowest BCUT2D eigenvalue weighted by molar-refractivity contribution is 0.0467. The van der Waals surface area contributed by atoms with Crippen LogP contribution in [0.4, 0.5) is 4.79 Å². The first kappa shape index (κ1) is 17.6. The lowest BCUT2D eigenvalue weighted by atomic mass is 10.1. The van der Waals surface area contributed by atoms with E-state index in [4.69, 9.17) is 4.74 Å². The first-order valence-electron chi connectivity index (χ1n) is 7.09. The van der Waals surface area contributed by atoms with Crippen molar-refractivity contribution in [3.63, 3.8) is 0 Å². The maximum Gasteiger partial charge on any atom is 0.407 e. The number of aliphatic hydroxyl groups excluding tert-OH is 1. The van der Waals surface area contributed by atoms with Gasteiger partial charge in [0.15, 0.2) is 0 Å². The van der Waals surface area contributed by atoms with Crippen molar-refractivity contribution in [3.05, 3.63) is 0 Å². The molecule has 0 bridgehead atoms. The molecule has 1 saturated heterocycles. The van der Waals surface area contributed by atoms with Gasteiger partial charge in [0.05, 0.1) is 6.10 Å². The van der Waals surface area contributed by atoms with Crippen molar-refractivity contribution < 1.29 is 14.6 Å². The minimum Gasteiger partial charge on any atom is -0.444 e. The van der Waals surface area contributed by atoms with Gasteiger partial charge >= 0.3 is 6.09 Å². The molecule has 0 saturated carbocycles. The molecule has 0 aromatic carbocycles. The van der Waals surface area contributed by atoms with E-state index in [0.717, 1.165) is 18.8 Å². The van der Waals surface area contributed by atoms with Crippen LogP contribution in [-0.2, 0) is 4.74 Å². The summed E-state index contributed by atoms with van der Waals surface area (Å²) in [7, 11) is 0. The van der Waals surface area contributed by atoms with Crippen molar-refractivity contribution in [2.75, 3.05) is 31.9 Å². The summed E-state index contributed by atoms with van der Waals surface area (Å²) in [5.41, 5.74) is -0.511. The highest BCUT2D eigenvalue weighted by Crippen LogP contribution is 2.29. The number of ether oxygens (including phenoxy) is 1. The Labute approximate surface area is 126 Å². The normalized spacial score (nSPS) is 21.3. The average Bonchev–Trinajstić information content (AvgIpc) is 2.22. The molecule has 5 nitrogen and oxygen atoms in total. The molecule has 0 aromatic rings. The SMILES string of the molecule is CC(C)(C)OC(=O)NCC(O)CN1CCSC(C)(C)C1. The number of nitrogens with zero attached hydrogens (tertiary/aromatic N) is 1. The third kappa shape index (κ3) is 7.36. The number of hydrogen-bond donors (Lipinski definition) is 2. The van der Waals surface area contributed by atoms with E-state index < -0.39 is 17.8 Å². The van der Waals surface area contributed by atoms with Crippen LogP contribution in [0.15, 0.2) is 0 Å². The van der Waals surface area contributed by atoms with Gasteiger partial charge in [0.2, 0.25) is 0 Å². The van der Waals surface area contributed by atoms with Crippen LogP contribution in [0, 0.1) is 0 Å². The second kappa shape index (κ2) is 7.00. The summed E-state index contributed by atoms with van der Waals surface area (Å²) in [6.07, 6.45) is -1.05. The fourth-order valence-electron chi connectivity index (χ4n) is 2.15. The van der Waals surface area contributed by atoms with E-state index in [-0.39, 0.29) is 11.3 Å². The maximum atomic E-state index is 11.5. The molecule has 0 aliphatic carbocycles. The predicted octanol–water partition coefficient (Wildman–Crippen LogP) is 1.70. The van der Waals surface area contributed by atoms with Gasteiger partial charge in [0.1, 0.15) is 5.60 Å². The van der Waals surface area contributed by atoms with E-state index in [1.165, 1.54) is 0 Å². The lowest BCUT2D eigenvalue weighted by Gasteiger charge is -2.38. The molecule has 118 valence electrons. The Morgan fingerprint density at radius 3 is 2.70 bits per heavy atom. The Balaban J connectivity index is 2.26. The van der Waals surface area contributed by atoms with Gasteiger partial charge in [-0.15, -0.1) is 0 Å². The van der Waals surface area contributed by atoms with Crippen molar-refractivity contribution in [2.24, 2.45) is 0 Å². The van der Waals surface area contributed by atoms with Crippen molar-refractivity contribution in [3.8, 4) is 0 Å². The van der Waals surface area contributed by atoms with Crippen LogP contribution < -0.4 is 5.32 Å². The van der Waals surface area contributed by atoms with Gasteiger partial charge in [-0.1, -0.05) is 0 Å². The van der Waals surface area contributed by atoms with E-state index in [9.17, 15) is 9.90 Å². The van der Waals surface area contributed by atoms with Crippen LogP contribution in [0.3, 0.4) is 0 Å². The number of hydrogen-bond acceptors (Lipinski definition) is 5. The number of rotatable bonds is 4. The van der Waals surface area contributed by atoms with Gasteiger partial charge in [-0.3, -0.25) is 4.90 Å². The number of aliphatic hydroxyl groups is 1. The molecule has 0 radical (unpaired) electrons. The number of carbonyl (C=O) groups is 1. The molecule has 1 rings (SSSR count). The summed E-state index contributed by atoms with van der Waals surface area (Å²) in [6.45, 7) is 12.6. The van der Waals surface area contributed by atoms with E-state index in [0.29, 0.717) is 6.54 Å². The molecule has 1 heterocycles. The van der Waals surface area contributed by atoms with Crippen LogP contribution >= 0.6 is 11.8 Å². The molecule has 1 aliphatic rings. The van der Waals surface area contributed by atoms with Gasteiger partial charge in [0.25, 0.3) is 0 Å². The predicted molar refractivity (Wildman–Crippen MR) is 83.2 cm³/mol. The quantitative estimate of drug-likeness (QED) is 0.828. The molecular weight excluding hydrogens is 276 g/mol. The zero-order valence-electron chi connectivity index (χ0n) is 13.2. The van der Waals surface area contributed by atoms with Crippen LogP contribution in [0.1, 0.15) is 34.6 Å². The molecule has 1 amide bonds. The van der Waals surface area contributed by atoms with Crippen molar-refractivity contribution >= 4 is 17.9 Å². The Morgan fingerprint density at radius 2 is 2.15 bits per heavy atom. The minimum atomic E-state index is -0.568. The fraction of sp³-hybridized carbons (Fsp3) is 0.929. The van der Waals surface area contributed by atoms with Gasteiger partial charge in [0, 0.05) is 36.7 Å². The Hall–Kier alpha value is -0.460. The second-order valence-corrected chi connectivity index (χ2v) is 8.68. The number of β-amino-alcohol motifs (C(OH)–C–C–N with tert-alkyl or cyclic N) is 1. The van der Waals surface area contributed by atoms with Gasteiger partial charge in [-0.25, -0.2) is 4.79 Å². The van der Waals surface area contributed by atoms with E-state index in [2.05, 4.69) is 24.1 Å². The smallest absolute Gasteiger partial charge is 0.407 e. The number of thioether (sulfide) groups is 1. The molecule has 1 unspecified atom stereocenters. The molecular formula is C14H28N2O3S. The zero-order valence-corrected chi connectivity index (χ0v) is 14.0. The topological polar surface area (TPSA) is 61.8 Å². The highest BCUT2D eigenvalue weighted by Gasteiger charge is 2.28. The highest BCUT2D eigenvalue weighted by atomic mass is 32.2. The second-order valence-electron chi connectivity index (χ2n) is 6.88. The van der Waals surface area contributed by atoms with E-state index in [1.807, 2.05) is 32.5 Å². The van der Waals surface area contributed by atoms with E-state index in [1.54, 1.807) is 0 Å². The van der Waals surface area contributed by atoms with Gasteiger partial charge in [-0.2, -0.15) is 11.8 Å². The largest absolute Gasteiger partial charge is 0.444 e. The lowest BCUT2D eigenvalue weighted by Crippen LogP contribution is -2.48. The molecule has 2 N–H and O–H groups in total. The van der Waals surface area contributed by atoms with Crippen molar-refractivity contribution in [2.45, 2.75) is 51.1 Å². The summed E-state index contributed by atoms with van der Waals surface area (Å²) in [5, 5.41) is 12.6. The Kier molecular flexibility index (Phi) is 6.16. The number of nitrogens with one attached hydrogen (secondary N) is 1. The first-order valence-corrected chi connectivity index (χ1v) is 8.07. The number of amides is 1. The Morgan fingerprint density at radius 1 is 1.50 bits per heavy atom. The number of carbonyl (C=O) groups excluding carboxylic acids is 1. The minimum absolute atomic E-state index is 0.221. The van der Waals surface area contributed by atoms with Crippen molar-refractivity contribution in [1.29, 1.82) is 0 Å². The van der Waals surface area contributed by atoms with Crippen molar-refractivity contribution in [1.82, 2.24) is 10.2 Å². The molecule has 0 aromatic heterocycles. The summed E-state index contributed by atoms with van der Waals surface area (Å²) in [6, 6.07) is 0. The third-order valence-electron chi connectivity index (χ3n) is 2.85. The van der Waals surface area contributed by atoms with Gasteiger partial charge < -0.3 is 15.2 Å². The van der Waals surface area contributed by atoms with Crippen LogP contribution in [0.2, 0.25) is 0 Å². The zero-order chi connectivity index (χ0) is 15.4. The summed E-state index contributed by atoms with van der Waals surface area (Å²) >= 11 is 1.96.